The molecule has 5 nitrogen and oxygen atoms in total. The van der Waals surface area contributed by atoms with E-state index in [-0.39, 0.29) is 18.9 Å². The van der Waals surface area contributed by atoms with Crippen molar-refractivity contribution < 1.29 is 23.1 Å². The molecule has 1 unspecified atom stereocenters. The number of carbonyl (C=O) groups is 1. The second-order valence-electron chi connectivity index (χ2n) is 8.13. The van der Waals surface area contributed by atoms with E-state index < -0.39 is 21.9 Å². The van der Waals surface area contributed by atoms with Gasteiger partial charge in [0.05, 0.1) is 4.90 Å². The van der Waals surface area contributed by atoms with Gasteiger partial charge in [0.2, 0.25) is 0 Å². The summed E-state index contributed by atoms with van der Waals surface area (Å²) in [6.07, 6.45) is 6.10. The highest BCUT2D eigenvalue weighted by molar-refractivity contribution is 7.90. The van der Waals surface area contributed by atoms with E-state index in [0.29, 0.717) is 11.3 Å². The first-order chi connectivity index (χ1) is 14.3. The molecule has 1 aliphatic rings. The average molecular weight is 431 g/mol. The van der Waals surface area contributed by atoms with Crippen LogP contribution in [-0.4, -0.2) is 31.9 Å². The number of aryl methyl sites for hydroxylation is 1. The minimum atomic E-state index is -3.35. The molecule has 2 aromatic rings. The molecule has 2 aromatic carbocycles. The zero-order valence-electron chi connectivity index (χ0n) is 17.4. The van der Waals surface area contributed by atoms with Crippen molar-refractivity contribution >= 4 is 15.8 Å². The second kappa shape index (κ2) is 10.2. The number of carbonyl (C=O) groups excluding carboxylic acids is 1. The van der Waals surface area contributed by atoms with E-state index in [2.05, 4.69) is 0 Å². The molecule has 162 valence electrons. The summed E-state index contributed by atoms with van der Waals surface area (Å²) in [6.45, 7) is 0.116. The fourth-order valence-electron chi connectivity index (χ4n) is 4.05. The van der Waals surface area contributed by atoms with Gasteiger partial charge in [0.15, 0.2) is 15.9 Å². The highest BCUT2D eigenvalue weighted by atomic mass is 32.2. The Balaban J connectivity index is 1.62. The van der Waals surface area contributed by atoms with E-state index in [1.54, 1.807) is 6.07 Å². The van der Waals surface area contributed by atoms with Crippen molar-refractivity contribution in [1.82, 2.24) is 0 Å². The number of aliphatic hydroxyl groups excluding tert-OH is 1. The van der Waals surface area contributed by atoms with Crippen molar-refractivity contribution in [1.29, 1.82) is 0 Å². The Morgan fingerprint density at radius 3 is 2.43 bits per heavy atom. The fraction of sp³-hybridized carbons (Fsp3) is 0.458. The van der Waals surface area contributed by atoms with Crippen LogP contribution in [0.4, 0.5) is 0 Å². The molecule has 0 heterocycles. The molecule has 0 aromatic heterocycles. The van der Waals surface area contributed by atoms with Gasteiger partial charge in [-0.3, -0.25) is 0 Å². The average Bonchev–Trinajstić information content (AvgIpc) is 2.76. The van der Waals surface area contributed by atoms with Crippen LogP contribution < -0.4 is 0 Å². The van der Waals surface area contributed by atoms with Crippen molar-refractivity contribution in [2.24, 2.45) is 0 Å². The highest BCUT2D eigenvalue weighted by Crippen LogP contribution is 2.36. The summed E-state index contributed by atoms with van der Waals surface area (Å²) in [5, 5.41) is 10.2. The van der Waals surface area contributed by atoms with Gasteiger partial charge in [0.25, 0.3) is 0 Å². The lowest BCUT2D eigenvalue weighted by Gasteiger charge is -2.24. The summed E-state index contributed by atoms with van der Waals surface area (Å²) in [7, 11) is -3.35. The molecule has 1 fully saturated rings. The van der Waals surface area contributed by atoms with Gasteiger partial charge in [-0.05, 0) is 54.4 Å². The molecule has 30 heavy (non-hydrogen) atoms. The predicted molar refractivity (Wildman–Crippen MR) is 116 cm³/mol. The summed E-state index contributed by atoms with van der Waals surface area (Å²) in [6, 6.07) is 14.8. The number of sulfone groups is 1. The van der Waals surface area contributed by atoms with Gasteiger partial charge in [-0.1, -0.05) is 61.7 Å². The van der Waals surface area contributed by atoms with Crippen LogP contribution in [-0.2, 0) is 32.4 Å². The Labute approximate surface area is 179 Å². The molecule has 0 radical (unpaired) electrons. The SMILES string of the molecule is CS(=O)(=O)c1cc(CCC(O)C(=O)OCc2ccccc2)ccc1C1CCCCC1. The van der Waals surface area contributed by atoms with Gasteiger partial charge < -0.3 is 9.84 Å². The van der Waals surface area contributed by atoms with Crippen molar-refractivity contribution in [3.05, 3.63) is 65.2 Å². The van der Waals surface area contributed by atoms with Crippen molar-refractivity contribution in [3.63, 3.8) is 0 Å². The predicted octanol–water partition coefficient (Wildman–Crippen LogP) is 4.17. The van der Waals surface area contributed by atoms with E-state index >= 15 is 0 Å². The lowest BCUT2D eigenvalue weighted by molar-refractivity contribution is -0.155. The lowest BCUT2D eigenvalue weighted by atomic mass is 9.83. The quantitative estimate of drug-likeness (QED) is 0.636. The molecule has 6 heteroatoms. The van der Waals surface area contributed by atoms with E-state index in [4.69, 9.17) is 4.74 Å². The number of hydrogen-bond acceptors (Lipinski definition) is 5. The van der Waals surface area contributed by atoms with Gasteiger partial charge >= 0.3 is 5.97 Å². The van der Waals surface area contributed by atoms with E-state index in [1.165, 1.54) is 12.7 Å². The largest absolute Gasteiger partial charge is 0.459 e. The van der Waals surface area contributed by atoms with Crippen LogP contribution in [0.15, 0.2) is 53.4 Å². The van der Waals surface area contributed by atoms with E-state index in [0.717, 1.165) is 42.4 Å². The summed E-state index contributed by atoms with van der Waals surface area (Å²) >= 11 is 0. The maximum atomic E-state index is 12.4. The summed E-state index contributed by atoms with van der Waals surface area (Å²) in [5.41, 5.74) is 2.56. The zero-order chi connectivity index (χ0) is 21.6. The number of ether oxygens (including phenoxy) is 1. The Morgan fingerprint density at radius 1 is 1.07 bits per heavy atom. The third-order valence-electron chi connectivity index (χ3n) is 5.72. The van der Waals surface area contributed by atoms with Gasteiger partial charge in [-0.2, -0.15) is 0 Å². The first kappa shape index (κ1) is 22.5. The summed E-state index contributed by atoms with van der Waals surface area (Å²) in [4.78, 5) is 12.4. The molecule has 3 rings (SSSR count). The van der Waals surface area contributed by atoms with Gasteiger partial charge in [-0.25, -0.2) is 13.2 Å². The van der Waals surface area contributed by atoms with Crippen LogP contribution in [0, 0.1) is 0 Å². The van der Waals surface area contributed by atoms with E-state index in [9.17, 15) is 18.3 Å². The van der Waals surface area contributed by atoms with Crippen molar-refractivity contribution in [3.8, 4) is 0 Å². The van der Waals surface area contributed by atoms with Crippen LogP contribution >= 0.6 is 0 Å². The van der Waals surface area contributed by atoms with Gasteiger partial charge in [0, 0.05) is 6.26 Å². The molecular weight excluding hydrogens is 400 g/mol. The molecule has 0 spiro atoms. The molecule has 1 aliphatic carbocycles. The standard InChI is InChI=1S/C24H30O5S/c1-30(27,28)23-16-18(12-14-21(23)20-10-6-3-7-11-20)13-15-22(25)24(26)29-17-19-8-4-2-5-9-19/h2,4-5,8-9,12,14,16,20,22,25H,3,6-7,10-11,13,15,17H2,1H3. The normalized spacial score (nSPS) is 16.2. The number of rotatable bonds is 8. The van der Waals surface area contributed by atoms with E-state index in [1.807, 2.05) is 42.5 Å². The lowest BCUT2D eigenvalue weighted by Crippen LogP contribution is -2.23. The highest BCUT2D eigenvalue weighted by Gasteiger charge is 2.23. The van der Waals surface area contributed by atoms with Crippen LogP contribution in [0.5, 0.6) is 0 Å². The number of aliphatic hydroxyl groups is 1. The molecule has 1 saturated carbocycles. The first-order valence-electron chi connectivity index (χ1n) is 10.6. The summed E-state index contributed by atoms with van der Waals surface area (Å²) in [5.74, 6) is -0.378. The molecule has 1 N–H and O–H groups in total. The number of hydrogen-bond donors (Lipinski definition) is 1. The Hall–Kier alpha value is -2.18. The maximum Gasteiger partial charge on any atom is 0.335 e. The van der Waals surface area contributed by atoms with Crippen molar-refractivity contribution in [2.45, 2.75) is 68.5 Å². The molecule has 0 saturated heterocycles. The molecule has 0 aliphatic heterocycles. The number of esters is 1. The Morgan fingerprint density at radius 2 is 1.77 bits per heavy atom. The third-order valence-corrected chi connectivity index (χ3v) is 6.88. The van der Waals surface area contributed by atoms with Crippen LogP contribution in [0.25, 0.3) is 0 Å². The third kappa shape index (κ3) is 6.16. The summed E-state index contributed by atoms with van der Waals surface area (Å²) < 4.78 is 30.0. The molecule has 0 amide bonds. The maximum absolute atomic E-state index is 12.4. The monoisotopic (exact) mass is 430 g/mol. The zero-order valence-corrected chi connectivity index (χ0v) is 18.2. The van der Waals surface area contributed by atoms with Gasteiger partial charge in [-0.15, -0.1) is 0 Å². The topological polar surface area (TPSA) is 80.7 Å². The Bertz CT molecular complexity index is 947. The fourth-order valence-corrected chi connectivity index (χ4v) is 5.08. The van der Waals surface area contributed by atoms with Gasteiger partial charge in [0.1, 0.15) is 6.61 Å². The van der Waals surface area contributed by atoms with Crippen molar-refractivity contribution in [2.75, 3.05) is 6.26 Å². The minimum Gasteiger partial charge on any atom is -0.459 e. The first-order valence-corrected chi connectivity index (χ1v) is 12.5. The Kier molecular flexibility index (Phi) is 7.67. The second-order valence-corrected chi connectivity index (χ2v) is 10.1. The van der Waals surface area contributed by atoms with Crippen LogP contribution in [0.1, 0.15) is 61.1 Å². The smallest absolute Gasteiger partial charge is 0.335 e. The molecule has 0 bridgehead atoms. The molecule has 1 atom stereocenters. The number of benzene rings is 2. The molecular formula is C24H30O5S. The van der Waals surface area contributed by atoms with Crippen LogP contribution in [0.2, 0.25) is 0 Å². The minimum absolute atomic E-state index is 0.116. The van der Waals surface area contributed by atoms with Crippen LogP contribution in [0.3, 0.4) is 0 Å².